The van der Waals surface area contributed by atoms with Crippen LogP contribution in [0.5, 0.6) is 0 Å². The van der Waals surface area contributed by atoms with E-state index in [2.05, 4.69) is 0 Å². The highest BCUT2D eigenvalue weighted by Gasteiger charge is 2.51. The van der Waals surface area contributed by atoms with Gasteiger partial charge in [0.25, 0.3) is 0 Å². The molecule has 4 fully saturated rings. The van der Waals surface area contributed by atoms with Gasteiger partial charge in [-0.15, -0.1) is 0 Å². The van der Waals surface area contributed by atoms with Gasteiger partial charge in [0.15, 0.2) is 25.2 Å². The molecule has 4 aliphatic heterocycles. The van der Waals surface area contributed by atoms with Crippen molar-refractivity contribution >= 4 is 41.4 Å². The fourth-order valence-corrected chi connectivity index (χ4v) is 10.0. The number of ether oxygens (including phenoxy) is 13. The second-order valence-corrected chi connectivity index (χ2v) is 25.3. The zero-order valence-electron chi connectivity index (χ0n) is 51.0. The summed E-state index contributed by atoms with van der Waals surface area (Å²) in [6.07, 6.45) is -3.25. The Morgan fingerprint density at radius 3 is 0.989 bits per heavy atom. The molecular weight excluding hydrogens is 1120 g/mol. The van der Waals surface area contributed by atoms with Crippen molar-refractivity contribution in [1.82, 2.24) is 0 Å². The van der Waals surface area contributed by atoms with Crippen molar-refractivity contribution in [2.24, 2.45) is 37.9 Å². The average molecular weight is 1210 g/mol. The first kappa shape index (κ1) is 66.2. The summed E-state index contributed by atoms with van der Waals surface area (Å²) in [7, 11) is 0. The maximum atomic E-state index is 14.9. The third kappa shape index (κ3) is 16.3. The van der Waals surface area contributed by atoms with Gasteiger partial charge in [0.05, 0.1) is 75.7 Å². The molecule has 0 saturated carbocycles. The molecule has 0 aromatic heterocycles. The van der Waals surface area contributed by atoms with E-state index in [0.29, 0.717) is 6.42 Å². The Balaban J connectivity index is 0.979. The second-order valence-electron chi connectivity index (χ2n) is 25.3. The van der Waals surface area contributed by atoms with E-state index < -0.39 is 132 Å². The van der Waals surface area contributed by atoms with E-state index in [1.165, 1.54) is 20.8 Å². The van der Waals surface area contributed by atoms with Crippen LogP contribution in [0.4, 0.5) is 0 Å². The normalized spacial score (nSPS) is 27.8. The minimum atomic E-state index is -1.93. The zero-order valence-corrected chi connectivity index (χ0v) is 51.0. The summed E-state index contributed by atoms with van der Waals surface area (Å²) in [5.41, 5.74) is -7.45. The van der Waals surface area contributed by atoms with Crippen LogP contribution in [0.15, 0.2) is 121 Å². The van der Waals surface area contributed by atoms with E-state index in [4.69, 9.17) is 61.6 Å². The van der Waals surface area contributed by atoms with Gasteiger partial charge in [0.2, 0.25) is 0 Å². The van der Waals surface area contributed by atoms with Gasteiger partial charge in [0, 0.05) is 35.1 Å². The molecule has 8 rings (SSSR count). The van der Waals surface area contributed by atoms with Gasteiger partial charge in [-0.25, -0.2) is 0 Å². The van der Waals surface area contributed by atoms with Gasteiger partial charge in [-0.3, -0.25) is 33.6 Å². The summed E-state index contributed by atoms with van der Waals surface area (Å²) in [6, 6.07) is 36.9. The fourth-order valence-electron chi connectivity index (χ4n) is 10.0. The molecule has 0 bridgehead atoms. The molecule has 0 radical (unpaired) electrons. The van der Waals surface area contributed by atoms with Crippen molar-refractivity contribution in [1.29, 1.82) is 0 Å². The number of benzene rings is 4. The Morgan fingerprint density at radius 1 is 0.391 bits per heavy atom. The highest BCUT2D eigenvalue weighted by atomic mass is 16.7. The molecule has 4 aromatic rings. The molecule has 4 aliphatic rings. The van der Waals surface area contributed by atoms with Crippen LogP contribution in [-0.4, -0.2) is 127 Å². The Labute approximate surface area is 508 Å². The van der Waals surface area contributed by atoms with E-state index in [0.717, 1.165) is 22.3 Å². The Morgan fingerprint density at radius 2 is 0.667 bits per heavy atom. The third-order valence-corrected chi connectivity index (χ3v) is 16.5. The Kier molecular flexibility index (Phi) is 21.8. The lowest BCUT2D eigenvalue weighted by Gasteiger charge is -2.39. The number of rotatable bonds is 26. The monoisotopic (exact) mass is 1210 g/mol. The van der Waals surface area contributed by atoms with E-state index in [9.17, 15) is 33.6 Å². The first-order valence-electron chi connectivity index (χ1n) is 29.5. The summed E-state index contributed by atoms with van der Waals surface area (Å²) >= 11 is 0. The Bertz CT molecular complexity index is 2880. The van der Waals surface area contributed by atoms with Crippen LogP contribution in [0, 0.1) is 37.9 Å². The number of ketones is 2. The van der Waals surface area contributed by atoms with Gasteiger partial charge < -0.3 is 61.6 Å². The molecule has 0 spiro atoms. The number of carbonyl (C=O) groups is 7. The first-order chi connectivity index (χ1) is 41.4. The van der Waals surface area contributed by atoms with Crippen molar-refractivity contribution in [3.05, 3.63) is 144 Å². The van der Waals surface area contributed by atoms with Gasteiger partial charge in [-0.05, 0) is 61.3 Å². The standard InChI is InChI=1S/C67H82O20/c1-9-32-75-57(71)66(7,42-84-56(70)61(2,33-51(69)63(4)36-78-53(79-37-63)47-24-16-11-17-25-47)31-30-50(68)62(3)34-76-52(77-35-62)46-22-14-10-15-23-46)43-85-60(74)67(8,44-86-58(72)64(5)38-80-54(81-39-64)48-26-18-12-19-27-48)45-87-59(73)65(6)40-82-55(83-41-65)49-28-20-13-21-29-49/h10-29,52-55H,9,30-45H2,1-8H3. The second kappa shape index (κ2) is 28.6. The summed E-state index contributed by atoms with van der Waals surface area (Å²) in [6.45, 7) is 9.32. The minimum absolute atomic E-state index is 0.0272. The van der Waals surface area contributed by atoms with Gasteiger partial charge >= 0.3 is 29.8 Å². The quantitative estimate of drug-likeness (QED) is 0.0420. The van der Waals surface area contributed by atoms with E-state index in [1.807, 2.05) is 121 Å². The summed E-state index contributed by atoms with van der Waals surface area (Å²) in [4.78, 5) is 101. The van der Waals surface area contributed by atoms with Crippen molar-refractivity contribution in [3.8, 4) is 0 Å². The zero-order chi connectivity index (χ0) is 62.5. The molecule has 4 aromatic carbocycles. The van der Waals surface area contributed by atoms with Gasteiger partial charge in [0.1, 0.15) is 59.7 Å². The molecule has 0 amide bonds. The predicted octanol–water partition coefficient (Wildman–Crippen LogP) is 9.45. The molecule has 20 heteroatoms. The molecule has 0 aliphatic carbocycles. The van der Waals surface area contributed by atoms with Crippen molar-refractivity contribution < 1.29 is 95.1 Å². The highest BCUT2D eigenvalue weighted by Crippen LogP contribution is 2.42. The van der Waals surface area contributed by atoms with Gasteiger partial charge in [-0.1, -0.05) is 128 Å². The van der Waals surface area contributed by atoms with Gasteiger partial charge in [-0.2, -0.15) is 0 Å². The maximum absolute atomic E-state index is 14.9. The maximum Gasteiger partial charge on any atom is 0.318 e. The first-order valence-corrected chi connectivity index (χ1v) is 29.5. The summed E-state index contributed by atoms with van der Waals surface area (Å²) < 4.78 is 77.4. The third-order valence-electron chi connectivity index (χ3n) is 16.5. The van der Waals surface area contributed by atoms with Crippen LogP contribution >= 0.6 is 0 Å². The van der Waals surface area contributed by atoms with Crippen molar-refractivity contribution in [3.63, 3.8) is 0 Å². The van der Waals surface area contributed by atoms with Crippen LogP contribution in [0.2, 0.25) is 0 Å². The summed E-state index contributed by atoms with van der Waals surface area (Å²) in [5, 5.41) is 0. The van der Waals surface area contributed by atoms with Crippen LogP contribution < -0.4 is 0 Å². The largest absolute Gasteiger partial charge is 0.465 e. The molecule has 4 heterocycles. The van der Waals surface area contributed by atoms with Crippen molar-refractivity contribution in [2.45, 2.75) is 106 Å². The molecule has 4 saturated heterocycles. The van der Waals surface area contributed by atoms with E-state index in [-0.39, 0.29) is 78.1 Å². The average Bonchev–Trinajstić information content (AvgIpc) is 2.28. The number of hydrogen-bond acceptors (Lipinski definition) is 20. The molecular formula is C67H82O20. The number of carbonyl (C=O) groups excluding carboxylic acids is 7. The van der Waals surface area contributed by atoms with Crippen LogP contribution in [0.25, 0.3) is 0 Å². The lowest BCUT2D eigenvalue weighted by molar-refractivity contribution is -0.239. The smallest absolute Gasteiger partial charge is 0.318 e. The molecule has 87 heavy (non-hydrogen) atoms. The molecule has 470 valence electrons. The lowest BCUT2D eigenvalue weighted by Crippen LogP contribution is -2.49. The Hall–Kier alpha value is -6.75. The van der Waals surface area contributed by atoms with Crippen molar-refractivity contribution in [2.75, 3.05) is 85.9 Å². The minimum Gasteiger partial charge on any atom is -0.465 e. The summed E-state index contributed by atoms with van der Waals surface area (Å²) in [5.74, 6) is -5.13. The lowest BCUT2D eigenvalue weighted by atomic mass is 9.72. The topological polar surface area (TPSA) is 239 Å². The van der Waals surface area contributed by atoms with E-state index >= 15 is 0 Å². The molecule has 0 N–H and O–H groups in total. The predicted molar refractivity (Wildman–Crippen MR) is 310 cm³/mol. The van der Waals surface area contributed by atoms with E-state index in [1.54, 1.807) is 34.6 Å². The number of Topliss-reactive ketones (excluding diaryl/α,β-unsaturated/α-hetero) is 2. The fraction of sp³-hybridized carbons (Fsp3) is 0.537. The molecule has 20 nitrogen and oxygen atoms in total. The van der Waals surface area contributed by atoms with Crippen LogP contribution in [0.3, 0.4) is 0 Å². The number of hydrogen-bond donors (Lipinski definition) is 0. The molecule has 2 unspecified atom stereocenters. The SMILES string of the molecule is CCCOC(=O)C(C)(COC(=O)C(C)(COC(=O)C1(C)COC(c2ccccc2)OC1)COC(=O)C1(C)COC(c2ccccc2)OC1)COC(=O)C(C)(CCC(=O)C1(C)COC(c2ccccc2)OC1)CC(=O)C1(C)COC(c2ccccc2)OC1. The van der Waals surface area contributed by atoms with Crippen LogP contribution in [-0.2, 0) is 95.1 Å². The van der Waals surface area contributed by atoms with Crippen LogP contribution in [0.1, 0.15) is 128 Å². The molecule has 2 atom stereocenters. The number of esters is 5. The highest BCUT2D eigenvalue weighted by molar-refractivity contribution is 5.92.